The molecule has 13 heavy (non-hydrogen) atoms. The average Bonchev–Trinajstić information content (AvgIpc) is 2.07. The summed E-state index contributed by atoms with van der Waals surface area (Å²) in [6.07, 6.45) is 1.70. The molecule has 72 valence electrons. The summed E-state index contributed by atoms with van der Waals surface area (Å²) in [6, 6.07) is 5.01. The van der Waals surface area contributed by atoms with E-state index in [-0.39, 0.29) is 17.5 Å². The van der Waals surface area contributed by atoms with E-state index < -0.39 is 0 Å². The van der Waals surface area contributed by atoms with Crippen LogP contribution in [0.1, 0.15) is 18.9 Å². The molecule has 1 rings (SSSR count). The van der Waals surface area contributed by atoms with Crippen molar-refractivity contribution >= 4 is 0 Å². The average molecular weight is 181 g/mol. The van der Waals surface area contributed by atoms with Crippen molar-refractivity contribution < 1.29 is 10.2 Å². The summed E-state index contributed by atoms with van der Waals surface area (Å²) in [7, 11) is 0. The van der Waals surface area contributed by atoms with Gasteiger partial charge in [0.2, 0.25) is 0 Å². The summed E-state index contributed by atoms with van der Waals surface area (Å²) in [5.41, 5.74) is 6.59. The molecule has 1 aromatic carbocycles. The fourth-order valence-electron chi connectivity index (χ4n) is 1.12. The molecule has 0 fully saturated rings. The largest absolute Gasteiger partial charge is 0.504 e. The number of phenolic OH excluding ortho intramolecular Hbond substituents is 2. The van der Waals surface area contributed by atoms with Crippen molar-refractivity contribution in [3.63, 3.8) is 0 Å². The summed E-state index contributed by atoms with van der Waals surface area (Å²) < 4.78 is 0. The number of aryl methyl sites for hydroxylation is 1. The van der Waals surface area contributed by atoms with E-state index >= 15 is 0 Å². The van der Waals surface area contributed by atoms with E-state index in [9.17, 15) is 5.11 Å². The van der Waals surface area contributed by atoms with Crippen molar-refractivity contribution in [3.05, 3.63) is 23.8 Å². The highest BCUT2D eigenvalue weighted by molar-refractivity contribution is 5.40. The van der Waals surface area contributed by atoms with Gasteiger partial charge < -0.3 is 15.9 Å². The van der Waals surface area contributed by atoms with Crippen LogP contribution in [0.4, 0.5) is 0 Å². The molecule has 0 amide bonds. The quantitative estimate of drug-likeness (QED) is 0.617. The Morgan fingerprint density at radius 3 is 2.54 bits per heavy atom. The van der Waals surface area contributed by atoms with Crippen LogP contribution in [0, 0.1) is 0 Å². The highest BCUT2D eigenvalue weighted by atomic mass is 16.3. The van der Waals surface area contributed by atoms with E-state index in [1.54, 1.807) is 12.1 Å². The van der Waals surface area contributed by atoms with Gasteiger partial charge in [-0.3, -0.25) is 0 Å². The maximum Gasteiger partial charge on any atom is 0.157 e. The topological polar surface area (TPSA) is 66.5 Å². The zero-order valence-corrected chi connectivity index (χ0v) is 7.70. The van der Waals surface area contributed by atoms with Crippen LogP contribution in [0.25, 0.3) is 0 Å². The summed E-state index contributed by atoms with van der Waals surface area (Å²) in [4.78, 5) is 0. The summed E-state index contributed by atoms with van der Waals surface area (Å²) >= 11 is 0. The summed E-state index contributed by atoms with van der Waals surface area (Å²) in [6.45, 7) is 1.94. The molecule has 4 N–H and O–H groups in total. The first-order chi connectivity index (χ1) is 6.09. The second-order valence-electron chi connectivity index (χ2n) is 3.34. The number of hydrogen-bond donors (Lipinski definition) is 3. The molecule has 0 saturated carbocycles. The third kappa shape index (κ3) is 2.95. The minimum atomic E-state index is -0.0791. The Morgan fingerprint density at radius 1 is 1.31 bits per heavy atom. The fourth-order valence-corrected chi connectivity index (χ4v) is 1.12. The predicted octanol–water partition coefficient (Wildman–Crippen LogP) is 1.38. The van der Waals surface area contributed by atoms with Gasteiger partial charge in [0, 0.05) is 6.04 Å². The molecular formula is C10H15NO2. The van der Waals surface area contributed by atoms with E-state index in [0.717, 1.165) is 18.4 Å². The Labute approximate surface area is 77.8 Å². The minimum Gasteiger partial charge on any atom is -0.504 e. The van der Waals surface area contributed by atoms with Gasteiger partial charge in [-0.1, -0.05) is 6.07 Å². The van der Waals surface area contributed by atoms with Crippen LogP contribution in [0.5, 0.6) is 11.5 Å². The van der Waals surface area contributed by atoms with Crippen molar-refractivity contribution in [2.75, 3.05) is 0 Å². The van der Waals surface area contributed by atoms with Crippen LogP contribution in [-0.4, -0.2) is 16.3 Å². The third-order valence-corrected chi connectivity index (χ3v) is 1.93. The van der Waals surface area contributed by atoms with Crippen molar-refractivity contribution in [2.24, 2.45) is 5.73 Å². The molecule has 0 aliphatic rings. The Kier molecular flexibility index (Phi) is 3.14. The molecule has 0 aliphatic carbocycles. The van der Waals surface area contributed by atoms with Crippen LogP contribution in [0.2, 0.25) is 0 Å². The van der Waals surface area contributed by atoms with Gasteiger partial charge >= 0.3 is 0 Å². The minimum absolute atomic E-state index is 0.0674. The predicted molar refractivity (Wildman–Crippen MR) is 51.7 cm³/mol. The SMILES string of the molecule is C[C@H](N)CCc1ccc(O)c(O)c1. The number of nitrogens with two attached hydrogens (primary N) is 1. The maximum absolute atomic E-state index is 9.18. The van der Waals surface area contributed by atoms with Gasteiger partial charge in [-0.25, -0.2) is 0 Å². The maximum atomic E-state index is 9.18. The van der Waals surface area contributed by atoms with Crippen LogP contribution in [0.3, 0.4) is 0 Å². The molecule has 0 heterocycles. The van der Waals surface area contributed by atoms with Gasteiger partial charge in [-0.05, 0) is 37.5 Å². The lowest BCUT2D eigenvalue weighted by molar-refractivity contribution is 0.403. The van der Waals surface area contributed by atoms with E-state index in [1.165, 1.54) is 6.07 Å². The Morgan fingerprint density at radius 2 is 2.00 bits per heavy atom. The zero-order chi connectivity index (χ0) is 9.84. The zero-order valence-electron chi connectivity index (χ0n) is 7.70. The number of benzene rings is 1. The molecule has 0 aromatic heterocycles. The summed E-state index contributed by atoms with van der Waals surface area (Å²) in [5, 5.41) is 18.2. The molecule has 0 spiro atoms. The first kappa shape index (κ1) is 9.86. The highest BCUT2D eigenvalue weighted by Gasteiger charge is 2.01. The van der Waals surface area contributed by atoms with Gasteiger partial charge in [-0.15, -0.1) is 0 Å². The van der Waals surface area contributed by atoms with Crippen molar-refractivity contribution in [1.82, 2.24) is 0 Å². The van der Waals surface area contributed by atoms with Gasteiger partial charge in [-0.2, -0.15) is 0 Å². The van der Waals surface area contributed by atoms with Gasteiger partial charge in [0.1, 0.15) is 0 Å². The van der Waals surface area contributed by atoms with Crippen LogP contribution < -0.4 is 5.73 Å². The normalized spacial score (nSPS) is 12.8. The molecule has 3 nitrogen and oxygen atoms in total. The second-order valence-corrected chi connectivity index (χ2v) is 3.34. The fraction of sp³-hybridized carbons (Fsp3) is 0.400. The van der Waals surface area contributed by atoms with Crippen LogP contribution in [0.15, 0.2) is 18.2 Å². The van der Waals surface area contributed by atoms with Crippen molar-refractivity contribution in [2.45, 2.75) is 25.8 Å². The lowest BCUT2D eigenvalue weighted by Crippen LogP contribution is -2.15. The van der Waals surface area contributed by atoms with Crippen LogP contribution >= 0.6 is 0 Å². The molecular weight excluding hydrogens is 166 g/mol. The lowest BCUT2D eigenvalue weighted by atomic mass is 10.1. The number of aromatic hydroxyl groups is 2. The Hall–Kier alpha value is -1.22. The molecule has 0 saturated heterocycles. The number of rotatable bonds is 3. The van der Waals surface area contributed by atoms with Gasteiger partial charge in [0.15, 0.2) is 11.5 Å². The van der Waals surface area contributed by atoms with E-state index in [1.807, 2.05) is 6.92 Å². The first-order valence-electron chi connectivity index (χ1n) is 4.36. The van der Waals surface area contributed by atoms with Gasteiger partial charge in [0.25, 0.3) is 0 Å². The van der Waals surface area contributed by atoms with Gasteiger partial charge in [0.05, 0.1) is 0 Å². The first-order valence-corrected chi connectivity index (χ1v) is 4.36. The molecule has 0 radical (unpaired) electrons. The highest BCUT2D eigenvalue weighted by Crippen LogP contribution is 2.25. The monoisotopic (exact) mass is 181 g/mol. The molecule has 0 aliphatic heterocycles. The lowest BCUT2D eigenvalue weighted by Gasteiger charge is -2.05. The Balaban J connectivity index is 2.63. The van der Waals surface area contributed by atoms with E-state index in [2.05, 4.69) is 0 Å². The van der Waals surface area contributed by atoms with E-state index in [4.69, 9.17) is 10.8 Å². The van der Waals surface area contributed by atoms with Crippen LogP contribution in [-0.2, 0) is 6.42 Å². The van der Waals surface area contributed by atoms with E-state index in [0.29, 0.717) is 0 Å². The van der Waals surface area contributed by atoms with Crippen molar-refractivity contribution in [1.29, 1.82) is 0 Å². The summed E-state index contributed by atoms with van der Waals surface area (Å²) in [5.74, 6) is -0.147. The molecule has 0 bridgehead atoms. The van der Waals surface area contributed by atoms with Crippen molar-refractivity contribution in [3.8, 4) is 11.5 Å². The molecule has 0 unspecified atom stereocenters. The molecule has 3 heteroatoms. The standard InChI is InChI=1S/C10H15NO2/c1-7(11)2-3-8-4-5-9(12)10(13)6-8/h4-7,12-13H,2-3,11H2,1H3/t7-/m0/s1. The Bertz CT molecular complexity index is 284. The molecule has 1 atom stereocenters. The second kappa shape index (κ2) is 4.14. The number of hydrogen-bond acceptors (Lipinski definition) is 3. The molecule has 1 aromatic rings. The third-order valence-electron chi connectivity index (χ3n) is 1.93. The smallest absolute Gasteiger partial charge is 0.157 e. The number of phenols is 2.